The summed E-state index contributed by atoms with van der Waals surface area (Å²) < 4.78 is 21.2. The lowest BCUT2D eigenvalue weighted by Gasteiger charge is -2.07. The number of ether oxygens (including phenoxy) is 2. The van der Waals surface area contributed by atoms with Crippen molar-refractivity contribution in [3.63, 3.8) is 0 Å². The highest BCUT2D eigenvalue weighted by molar-refractivity contribution is 7.99. The molecule has 1 aromatic carbocycles. The predicted octanol–water partition coefficient (Wildman–Crippen LogP) is 2.76. The molecule has 2 heterocycles. The average molecular weight is 375 g/mol. The summed E-state index contributed by atoms with van der Waals surface area (Å²) in [5, 5.41) is 11.0. The fourth-order valence-corrected chi connectivity index (χ4v) is 2.72. The SMILES string of the molecule is COc1ccc(-c2nnc(SCC(=O)NCc3ccco3)o2)cc1OC. The van der Waals surface area contributed by atoms with Gasteiger partial charge in [-0.15, -0.1) is 10.2 Å². The highest BCUT2D eigenvalue weighted by Gasteiger charge is 2.13. The number of benzene rings is 1. The maximum Gasteiger partial charge on any atom is 0.277 e. The normalized spacial score (nSPS) is 10.5. The molecule has 0 aliphatic heterocycles. The fraction of sp³-hybridized carbons (Fsp3) is 0.235. The van der Waals surface area contributed by atoms with Crippen LogP contribution in [0.15, 0.2) is 50.7 Å². The number of nitrogens with one attached hydrogen (secondary N) is 1. The lowest BCUT2D eigenvalue weighted by molar-refractivity contribution is -0.118. The van der Waals surface area contributed by atoms with Crippen molar-refractivity contribution in [1.82, 2.24) is 15.5 Å². The topological polar surface area (TPSA) is 99.6 Å². The van der Waals surface area contributed by atoms with Crippen molar-refractivity contribution < 1.29 is 23.1 Å². The molecule has 0 aliphatic carbocycles. The van der Waals surface area contributed by atoms with Crippen LogP contribution in [0.4, 0.5) is 0 Å². The molecule has 8 nitrogen and oxygen atoms in total. The van der Waals surface area contributed by atoms with Crippen molar-refractivity contribution in [2.45, 2.75) is 11.8 Å². The van der Waals surface area contributed by atoms with E-state index < -0.39 is 0 Å². The first kappa shape index (κ1) is 17.9. The minimum Gasteiger partial charge on any atom is -0.493 e. The summed E-state index contributed by atoms with van der Waals surface area (Å²) in [6.07, 6.45) is 1.56. The van der Waals surface area contributed by atoms with Crippen molar-refractivity contribution in [3.8, 4) is 23.0 Å². The van der Waals surface area contributed by atoms with E-state index in [-0.39, 0.29) is 11.7 Å². The van der Waals surface area contributed by atoms with Crippen LogP contribution >= 0.6 is 11.8 Å². The van der Waals surface area contributed by atoms with Gasteiger partial charge in [-0.2, -0.15) is 0 Å². The Morgan fingerprint density at radius 2 is 2.04 bits per heavy atom. The molecular weight excluding hydrogens is 358 g/mol. The second-order valence-corrected chi connectivity index (χ2v) is 6.01. The zero-order valence-electron chi connectivity index (χ0n) is 14.2. The van der Waals surface area contributed by atoms with Crippen molar-refractivity contribution in [2.24, 2.45) is 0 Å². The third kappa shape index (κ3) is 4.37. The Morgan fingerprint density at radius 1 is 1.19 bits per heavy atom. The molecule has 136 valence electrons. The van der Waals surface area contributed by atoms with Gasteiger partial charge in [0, 0.05) is 5.56 Å². The Balaban J connectivity index is 1.57. The highest BCUT2D eigenvalue weighted by Crippen LogP contribution is 2.32. The van der Waals surface area contributed by atoms with Crippen molar-refractivity contribution in [3.05, 3.63) is 42.4 Å². The summed E-state index contributed by atoms with van der Waals surface area (Å²) in [6.45, 7) is 0.340. The largest absolute Gasteiger partial charge is 0.493 e. The Hall–Kier alpha value is -2.94. The maximum absolute atomic E-state index is 11.8. The van der Waals surface area contributed by atoms with Gasteiger partial charge < -0.3 is 23.6 Å². The second-order valence-electron chi connectivity index (χ2n) is 5.09. The van der Waals surface area contributed by atoms with Gasteiger partial charge in [0.15, 0.2) is 11.5 Å². The second kappa shape index (κ2) is 8.43. The molecule has 2 aromatic heterocycles. The molecule has 0 aliphatic rings. The van der Waals surface area contributed by atoms with E-state index in [0.717, 1.165) is 11.8 Å². The van der Waals surface area contributed by atoms with E-state index in [2.05, 4.69) is 15.5 Å². The number of carbonyl (C=O) groups excluding carboxylic acids is 1. The first-order valence-corrected chi connectivity index (χ1v) is 8.66. The molecule has 26 heavy (non-hydrogen) atoms. The zero-order valence-corrected chi connectivity index (χ0v) is 15.0. The minimum atomic E-state index is -0.155. The Kier molecular flexibility index (Phi) is 5.80. The molecule has 0 bridgehead atoms. The van der Waals surface area contributed by atoms with E-state index in [4.69, 9.17) is 18.3 Å². The molecule has 0 unspecified atom stereocenters. The van der Waals surface area contributed by atoms with Gasteiger partial charge in [0.1, 0.15) is 5.76 Å². The average Bonchev–Trinajstić information content (AvgIpc) is 3.36. The summed E-state index contributed by atoms with van der Waals surface area (Å²) in [5.74, 6) is 2.21. The molecule has 0 saturated heterocycles. The van der Waals surface area contributed by atoms with Crippen LogP contribution in [0.2, 0.25) is 0 Å². The van der Waals surface area contributed by atoms with Crippen molar-refractivity contribution in [2.75, 3.05) is 20.0 Å². The third-order valence-corrected chi connectivity index (χ3v) is 4.22. The first-order chi connectivity index (χ1) is 12.7. The van der Waals surface area contributed by atoms with Crippen LogP contribution < -0.4 is 14.8 Å². The van der Waals surface area contributed by atoms with Gasteiger partial charge in [-0.1, -0.05) is 11.8 Å². The van der Waals surface area contributed by atoms with E-state index in [9.17, 15) is 4.79 Å². The minimum absolute atomic E-state index is 0.155. The monoisotopic (exact) mass is 375 g/mol. The summed E-state index contributed by atoms with van der Waals surface area (Å²) >= 11 is 1.16. The van der Waals surface area contributed by atoms with Crippen molar-refractivity contribution >= 4 is 17.7 Å². The molecule has 9 heteroatoms. The lowest BCUT2D eigenvalue weighted by Crippen LogP contribution is -2.24. The molecular formula is C17H17N3O5S. The van der Waals surface area contributed by atoms with E-state index in [1.165, 1.54) is 0 Å². The molecule has 0 saturated carbocycles. The molecule has 1 N–H and O–H groups in total. The van der Waals surface area contributed by atoms with Crippen LogP contribution in [-0.2, 0) is 11.3 Å². The molecule has 1 amide bonds. The molecule has 0 spiro atoms. The number of nitrogens with zero attached hydrogens (tertiary/aromatic N) is 2. The molecule has 3 rings (SSSR count). The van der Waals surface area contributed by atoms with Gasteiger partial charge in [-0.3, -0.25) is 4.79 Å². The Labute approximate surface area is 153 Å². The van der Waals surface area contributed by atoms with Crippen LogP contribution in [0, 0.1) is 0 Å². The summed E-state index contributed by atoms with van der Waals surface area (Å²) in [6, 6.07) is 8.86. The summed E-state index contributed by atoms with van der Waals surface area (Å²) in [5.41, 5.74) is 0.698. The number of rotatable bonds is 8. The lowest BCUT2D eigenvalue weighted by atomic mass is 10.2. The highest BCUT2D eigenvalue weighted by atomic mass is 32.2. The van der Waals surface area contributed by atoms with E-state index in [1.54, 1.807) is 50.8 Å². The Bertz CT molecular complexity index is 863. The molecule has 0 fully saturated rings. The van der Waals surface area contributed by atoms with Gasteiger partial charge in [-0.25, -0.2) is 0 Å². The number of aromatic nitrogens is 2. The van der Waals surface area contributed by atoms with Crippen LogP contribution in [0.3, 0.4) is 0 Å². The number of furan rings is 1. The number of methoxy groups -OCH3 is 2. The molecule has 0 atom stereocenters. The quantitative estimate of drug-likeness (QED) is 0.600. The number of carbonyl (C=O) groups is 1. The third-order valence-electron chi connectivity index (χ3n) is 3.40. The number of hydrogen-bond donors (Lipinski definition) is 1. The maximum atomic E-state index is 11.8. The van der Waals surface area contributed by atoms with Crippen LogP contribution in [0.25, 0.3) is 11.5 Å². The van der Waals surface area contributed by atoms with Crippen LogP contribution in [0.5, 0.6) is 11.5 Å². The van der Waals surface area contributed by atoms with Gasteiger partial charge in [-0.05, 0) is 30.3 Å². The Morgan fingerprint density at radius 3 is 2.77 bits per heavy atom. The van der Waals surface area contributed by atoms with Crippen LogP contribution in [0.1, 0.15) is 5.76 Å². The number of hydrogen-bond acceptors (Lipinski definition) is 8. The summed E-state index contributed by atoms with van der Waals surface area (Å²) in [4.78, 5) is 11.8. The first-order valence-electron chi connectivity index (χ1n) is 7.67. The summed E-state index contributed by atoms with van der Waals surface area (Å²) in [7, 11) is 3.12. The van der Waals surface area contributed by atoms with E-state index in [0.29, 0.717) is 40.5 Å². The smallest absolute Gasteiger partial charge is 0.277 e. The standard InChI is InChI=1S/C17H17N3O5S/c1-22-13-6-5-11(8-14(13)23-2)16-19-20-17(25-16)26-10-15(21)18-9-12-4-3-7-24-12/h3-8H,9-10H2,1-2H3,(H,18,21). The molecule has 0 radical (unpaired) electrons. The van der Waals surface area contributed by atoms with Crippen LogP contribution in [-0.4, -0.2) is 36.1 Å². The van der Waals surface area contributed by atoms with E-state index >= 15 is 0 Å². The van der Waals surface area contributed by atoms with Gasteiger partial charge in [0.2, 0.25) is 11.8 Å². The van der Waals surface area contributed by atoms with Gasteiger partial charge >= 0.3 is 0 Å². The number of amides is 1. The molecule has 3 aromatic rings. The van der Waals surface area contributed by atoms with Gasteiger partial charge in [0.05, 0.1) is 32.8 Å². The van der Waals surface area contributed by atoms with E-state index in [1.807, 2.05) is 0 Å². The zero-order chi connectivity index (χ0) is 18.4. The number of thioether (sulfide) groups is 1. The predicted molar refractivity (Wildman–Crippen MR) is 94.1 cm³/mol. The van der Waals surface area contributed by atoms with Gasteiger partial charge in [0.25, 0.3) is 5.22 Å². The fourth-order valence-electron chi connectivity index (χ4n) is 2.13. The van der Waals surface area contributed by atoms with Crippen molar-refractivity contribution in [1.29, 1.82) is 0 Å².